The number of rotatable bonds is 6. The standard InChI is InChI=1S/C14H17FN4O2S/c1-11-3-5-13(6-4-11)22(20,21)18-7-8-19(2)14-16-9-12(15)10-17-14/h3-6,9-10,18H,7-8H2,1-2H3. The molecule has 22 heavy (non-hydrogen) atoms. The molecule has 0 radical (unpaired) electrons. The van der Waals surface area contributed by atoms with Crippen molar-refractivity contribution in [3.8, 4) is 0 Å². The van der Waals surface area contributed by atoms with Crippen molar-refractivity contribution in [2.24, 2.45) is 0 Å². The molecule has 1 heterocycles. The van der Waals surface area contributed by atoms with Gasteiger partial charge in [0.25, 0.3) is 0 Å². The second kappa shape index (κ2) is 6.80. The number of benzene rings is 1. The molecule has 0 aliphatic carbocycles. The summed E-state index contributed by atoms with van der Waals surface area (Å²) in [5, 5.41) is 0. The van der Waals surface area contributed by atoms with Crippen LogP contribution in [0, 0.1) is 12.7 Å². The van der Waals surface area contributed by atoms with E-state index in [1.54, 1.807) is 36.2 Å². The lowest BCUT2D eigenvalue weighted by molar-refractivity contribution is 0.581. The molecule has 0 aliphatic rings. The molecule has 0 amide bonds. The van der Waals surface area contributed by atoms with Crippen molar-refractivity contribution in [1.29, 1.82) is 0 Å². The number of aryl methyl sites for hydroxylation is 1. The van der Waals surface area contributed by atoms with Gasteiger partial charge in [-0.3, -0.25) is 0 Å². The molecule has 0 fully saturated rings. The molecule has 0 bridgehead atoms. The van der Waals surface area contributed by atoms with Gasteiger partial charge >= 0.3 is 0 Å². The number of likely N-dealkylation sites (N-methyl/N-ethyl adjacent to an activating group) is 1. The second-order valence-corrected chi connectivity index (χ2v) is 6.60. The monoisotopic (exact) mass is 324 g/mol. The van der Waals surface area contributed by atoms with Crippen molar-refractivity contribution < 1.29 is 12.8 Å². The second-order valence-electron chi connectivity index (χ2n) is 4.83. The normalized spacial score (nSPS) is 11.4. The summed E-state index contributed by atoms with van der Waals surface area (Å²) in [6.07, 6.45) is 2.13. The summed E-state index contributed by atoms with van der Waals surface area (Å²) in [5.41, 5.74) is 0.993. The van der Waals surface area contributed by atoms with Gasteiger partial charge in [0, 0.05) is 20.1 Å². The van der Waals surface area contributed by atoms with Crippen LogP contribution in [0.1, 0.15) is 5.56 Å². The summed E-state index contributed by atoms with van der Waals surface area (Å²) in [7, 11) is -1.84. The predicted octanol–water partition coefficient (Wildman–Crippen LogP) is 1.34. The number of sulfonamides is 1. The van der Waals surface area contributed by atoms with Crippen LogP contribution in [0.3, 0.4) is 0 Å². The molecule has 6 nitrogen and oxygen atoms in total. The Labute approximate surface area is 129 Å². The fraction of sp³-hybridized carbons (Fsp3) is 0.286. The molecular formula is C14H17FN4O2S. The number of hydrogen-bond donors (Lipinski definition) is 1. The Morgan fingerprint density at radius 3 is 2.36 bits per heavy atom. The van der Waals surface area contributed by atoms with E-state index >= 15 is 0 Å². The van der Waals surface area contributed by atoms with Crippen LogP contribution in [-0.4, -0.2) is 38.5 Å². The van der Waals surface area contributed by atoms with Crippen LogP contribution in [0.2, 0.25) is 0 Å². The molecule has 2 rings (SSSR count). The maximum absolute atomic E-state index is 12.7. The molecular weight excluding hydrogens is 307 g/mol. The van der Waals surface area contributed by atoms with E-state index in [0.717, 1.165) is 18.0 Å². The van der Waals surface area contributed by atoms with E-state index < -0.39 is 15.8 Å². The first kappa shape index (κ1) is 16.3. The predicted molar refractivity (Wildman–Crippen MR) is 81.6 cm³/mol. The number of nitrogens with one attached hydrogen (secondary N) is 1. The molecule has 1 aromatic carbocycles. The van der Waals surface area contributed by atoms with Gasteiger partial charge in [-0.1, -0.05) is 17.7 Å². The SMILES string of the molecule is Cc1ccc(S(=O)(=O)NCCN(C)c2ncc(F)cn2)cc1. The van der Waals surface area contributed by atoms with Gasteiger partial charge in [0.1, 0.15) is 0 Å². The summed E-state index contributed by atoms with van der Waals surface area (Å²) in [5.74, 6) is -0.187. The highest BCUT2D eigenvalue weighted by molar-refractivity contribution is 7.89. The summed E-state index contributed by atoms with van der Waals surface area (Å²) in [6, 6.07) is 6.61. The van der Waals surface area contributed by atoms with Crippen LogP contribution in [0.5, 0.6) is 0 Å². The van der Waals surface area contributed by atoms with E-state index in [4.69, 9.17) is 0 Å². The van der Waals surface area contributed by atoms with Gasteiger partial charge in [-0.05, 0) is 19.1 Å². The van der Waals surface area contributed by atoms with Crippen molar-refractivity contribution in [1.82, 2.24) is 14.7 Å². The lowest BCUT2D eigenvalue weighted by atomic mass is 10.2. The van der Waals surface area contributed by atoms with E-state index in [0.29, 0.717) is 12.5 Å². The van der Waals surface area contributed by atoms with E-state index in [-0.39, 0.29) is 11.4 Å². The van der Waals surface area contributed by atoms with E-state index in [9.17, 15) is 12.8 Å². The average molecular weight is 324 g/mol. The molecule has 0 spiro atoms. The Kier molecular flexibility index (Phi) is 5.04. The Morgan fingerprint density at radius 1 is 1.18 bits per heavy atom. The number of aromatic nitrogens is 2. The first-order valence-corrected chi connectivity index (χ1v) is 8.12. The van der Waals surface area contributed by atoms with Gasteiger partial charge in [-0.2, -0.15) is 0 Å². The average Bonchev–Trinajstić information content (AvgIpc) is 2.48. The third kappa shape index (κ3) is 4.22. The van der Waals surface area contributed by atoms with Gasteiger partial charge < -0.3 is 4.90 Å². The molecule has 0 aliphatic heterocycles. The van der Waals surface area contributed by atoms with E-state index in [1.165, 1.54) is 0 Å². The van der Waals surface area contributed by atoms with Crippen molar-refractivity contribution in [3.63, 3.8) is 0 Å². The lowest BCUT2D eigenvalue weighted by Gasteiger charge is -2.16. The minimum absolute atomic E-state index is 0.188. The quantitative estimate of drug-likeness (QED) is 0.868. The van der Waals surface area contributed by atoms with E-state index in [1.807, 2.05) is 6.92 Å². The fourth-order valence-electron chi connectivity index (χ4n) is 1.75. The summed E-state index contributed by atoms with van der Waals surface area (Å²) in [6.45, 7) is 2.44. The number of anilines is 1. The molecule has 0 saturated carbocycles. The smallest absolute Gasteiger partial charge is 0.240 e. The molecule has 2 aromatic rings. The van der Waals surface area contributed by atoms with Crippen molar-refractivity contribution >= 4 is 16.0 Å². The number of hydrogen-bond acceptors (Lipinski definition) is 5. The van der Waals surface area contributed by atoms with Crippen LogP contribution < -0.4 is 9.62 Å². The van der Waals surface area contributed by atoms with Gasteiger partial charge in [0.2, 0.25) is 16.0 Å². The summed E-state index contributed by atoms with van der Waals surface area (Å²) < 4.78 is 39.4. The van der Waals surface area contributed by atoms with E-state index in [2.05, 4.69) is 14.7 Å². The Hall–Kier alpha value is -2.06. The van der Waals surface area contributed by atoms with Crippen LogP contribution in [-0.2, 0) is 10.0 Å². The topological polar surface area (TPSA) is 75.2 Å². The molecule has 0 atom stereocenters. The zero-order valence-electron chi connectivity index (χ0n) is 12.3. The van der Waals surface area contributed by atoms with Gasteiger partial charge in [0.05, 0.1) is 17.3 Å². The van der Waals surface area contributed by atoms with Crippen LogP contribution in [0.15, 0.2) is 41.6 Å². The van der Waals surface area contributed by atoms with Crippen molar-refractivity contribution in [3.05, 3.63) is 48.0 Å². The molecule has 0 saturated heterocycles. The maximum Gasteiger partial charge on any atom is 0.240 e. The minimum Gasteiger partial charge on any atom is -0.343 e. The molecule has 8 heteroatoms. The fourth-order valence-corrected chi connectivity index (χ4v) is 2.77. The number of nitrogens with zero attached hydrogens (tertiary/aromatic N) is 3. The van der Waals surface area contributed by atoms with Crippen molar-refractivity contribution in [2.75, 3.05) is 25.0 Å². The van der Waals surface area contributed by atoms with Gasteiger partial charge in [-0.25, -0.2) is 27.5 Å². The Morgan fingerprint density at radius 2 is 1.77 bits per heavy atom. The molecule has 0 unspecified atom stereocenters. The zero-order valence-corrected chi connectivity index (χ0v) is 13.1. The largest absolute Gasteiger partial charge is 0.343 e. The molecule has 118 valence electrons. The van der Waals surface area contributed by atoms with Crippen LogP contribution in [0.4, 0.5) is 10.3 Å². The molecule has 1 N–H and O–H groups in total. The summed E-state index contributed by atoms with van der Waals surface area (Å²) >= 11 is 0. The third-order valence-corrected chi connectivity index (χ3v) is 4.50. The van der Waals surface area contributed by atoms with Gasteiger partial charge in [0.15, 0.2) is 5.82 Å². The first-order chi connectivity index (χ1) is 10.4. The molecule has 1 aromatic heterocycles. The van der Waals surface area contributed by atoms with Crippen molar-refractivity contribution in [2.45, 2.75) is 11.8 Å². The maximum atomic E-state index is 12.7. The highest BCUT2D eigenvalue weighted by atomic mass is 32.2. The highest BCUT2D eigenvalue weighted by Gasteiger charge is 2.13. The third-order valence-electron chi connectivity index (χ3n) is 3.02. The number of halogens is 1. The first-order valence-electron chi connectivity index (χ1n) is 6.63. The Bertz CT molecular complexity index is 718. The highest BCUT2D eigenvalue weighted by Crippen LogP contribution is 2.09. The van der Waals surface area contributed by atoms with Crippen LogP contribution >= 0.6 is 0 Å². The minimum atomic E-state index is -3.54. The van der Waals surface area contributed by atoms with Gasteiger partial charge in [-0.15, -0.1) is 0 Å². The lowest BCUT2D eigenvalue weighted by Crippen LogP contribution is -2.33. The Balaban J connectivity index is 1.92. The van der Waals surface area contributed by atoms with Crippen LogP contribution in [0.25, 0.3) is 0 Å². The zero-order chi connectivity index (χ0) is 16.2. The summed E-state index contributed by atoms with van der Waals surface area (Å²) in [4.78, 5) is 9.50.